The van der Waals surface area contributed by atoms with Crippen LogP contribution < -0.4 is 0 Å². The number of carbonyl (C=O) groups is 1. The van der Waals surface area contributed by atoms with E-state index in [0.29, 0.717) is 32.6 Å². The lowest BCUT2D eigenvalue weighted by Crippen LogP contribution is -2.52. The molecule has 2 N–H and O–H groups in total. The van der Waals surface area contributed by atoms with Crippen LogP contribution in [0.3, 0.4) is 0 Å². The Morgan fingerprint density at radius 3 is 2.63 bits per heavy atom. The van der Waals surface area contributed by atoms with E-state index in [1.54, 1.807) is 6.20 Å². The van der Waals surface area contributed by atoms with Crippen LogP contribution in [0, 0.1) is 0 Å². The molecule has 0 spiro atoms. The molecule has 4 rings (SSSR count). The molecule has 0 amide bonds. The predicted molar refractivity (Wildman–Crippen MR) is 107 cm³/mol. The Balaban J connectivity index is 1.52. The fourth-order valence-electron chi connectivity index (χ4n) is 4.25. The average molecular weight is 456 g/mol. The highest BCUT2D eigenvalue weighted by Crippen LogP contribution is 2.32. The number of piperazine rings is 1. The normalized spacial score (nSPS) is 25.0. The number of rotatable bonds is 4. The van der Waals surface area contributed by atoms with Gasteiger partial charge in [0.1, 0.15) is 6.04 Å². The molecule has 1 aromatic heterocycles. The van der Waals surface area contributed by atoms with Gasteiger partial charge >= 0.3 is 5.97 Å². The summed E-state index contributed by atoms with van der Waals surface area (Å²) >= 11 is 3.46. The van der Waals surface area contributed by atoms with E-state index in [1.165, 1.54) is 0 Å². The lowest BCUT2D eigenvalue weighted by atomic mass is 10.0. The highest BCUT2D eigenvalue weighted by Gasteiger charge is 2.37. The minimum Gasteiger partial charge on any atom is -0.480 e. The molecular formula is C18H22BrN3O4S. The molecule has 0 radical (unpaired) electrons. The van der Waals surface area contributed by atoms with Gasteiger partial charge in [0.25, 0.3) is 0 Å². The summed E-state index contributed by atoms with van der Waals surface area (Å²) < 4.78 is 24.4. The number of fused-ring (bicyclic) bond motifs is 1. The van der Waals surface area contributed by atoms with Crippen LogP contribution in [0.5, 0.6) is 0 Å². The third-order valence-electron chi connectivity index (χ3n) is 5.64. The number of sulfone groups is 1. The number of aromatic amines is 1. The summed E-state index contributed by atoms with van der Waals surface area (Å²) in [6.45, 7) is 2.59. The first kappa shape index (κ1) is 18.9. The van der Waals surface area contributed by atoms with E-state index in [0.717, 1.165) is 20.9 Å². The Labute approximate surface area is 166 Å². The van der Waals surface area contributed by atoms with Crippen LogP contribution in [-0.4, -0.2) is 78.0 Å². The number of aromatic nitrogens is 1. The first-order valence-corrected chi connectivity index (χ1v) is 11.6. The molecule has 2 atom stereocenters. The molecule has 27 heavy (non-hydrogen) atoms. The molecular weight excluding hydrogens is 434 g/mol. The van der Waals surface area contributed by atoms with E-state index in [-0.39, 0.29) is 17.5 Å². The quantitative estimate of drug-likeness (QED) is 0.730. The molecule has 146 valence electrons. The highest BCUT2D eigenvalue weighted by atomic mass is 79.9. The fraction of sp³-hybridized carbons (Fsp3) is 0.500. The van der Waals surface area contributed by atoms with E-state index in [2.05, 4.69) is 25.8 Å². The SMILES string of the molecule is O=C(O)[C@@H](c1c[nH]c2ccc(Br)cc12)N1CCN([C@@H]2CCS(=O)(=O)C2)CC1. The summed E-state index contributed by atoms with van der Waals surface area (Å²) in [5.74, 6) is -0.376. The summed E-state index contributed by atoms with van der Waals surface area (Å²) in [6, 6.07) is 5.15. The molecule has 2 fully saturated rings. The molecule has 1 aromatic carbocycles. The number of nitrogens with one attached hydrogen (secondary N) is 1. The Kier molecular flexibility index (Phi) is 5.04. The molecule has 9 heteroatoms. The maximum Gasteiger partial charge on any atom is 0.325 e. The Morgan fingerprint density at radius 1 is 1.26 bits per heavy atom. The van der Waals surface area contributed by atoms with E-state index in [4.69, 9.17) is 0 Å². The van der Waals surface area contributed by atoms with Gasteiger partial charge in [-0.25, -0.2) is 8.42 Å². The van der Waals surface area contributed by atoms with Gasteiger partial charge in [-0.05, 0) is 24.6 Å². The van der Waals surface area contributed by atoms with E-state index in [1.807, 2.05) is 23.1 Å². The molecule has 3 heterocycles. The van der Waals surface area contributed by atoms with E-state index < -0.39 is 21.8 Å². The van der Waals surface area contributed by atoms with Crippen molar-refractivity contribution in [2.24, 2.45) is 0 Å². The van der Waals surface area contributed by atoms with Gasteiger partial charge in [-0.15, -0.1) is 0 Å². The molecule has 2 aromatic rings. The lowest BCUT2D eigenvalue weighted by Gasteiger charge is -2.40. The molecule has 2 aliphatic heterocycles. The first-order chi connectivity index (χ1) is 12.8. The Hall–Kier alpha value is -1.42. The summed E-state index contributed by atoms with van der Waals surface area (Å²) in [5.41, 5.74) is 1.67. The number of H-pyrrole nitrogens is 1. The second kappa shape index (κ2) is 7.20. The van der Waals surface area contributed by atoms with E-state index >= 15 is 0 Å². The van der Waals surface area contributed by atoms with E-state index in [9.17, 15) is 18.3 Å². The number of carboxylic acids is 1. The average Bonchev–Trinajstić information content (AvgIpc) is 3.19. The van der Waals surface area contributed by atoms with Crippen LogP contribution in [-0.2, 0) is 14.6 Å². The third-order valence-corrected chi connectivity index (χ3v) is 7.89. The van der Waals surface area contributed by atoms with Gasteiger partial charge in [0.2, 0.25) is 0 Å². The van der Waals surface area contributed by atoms with Gasteiger partial charge in [-0.3, -0.25) is 14.6 Å². The van der Waals surface area contributed by atoms with Crippen molar-refractivity contribution in [2.75, 3.05) is 37.7 Å². The van der Waals surface area contributed by atoms with Gasteiger partial charge in [0, 0.05) is 59.4 Å². The van der Waals surface area contributed by atoms with Crippen molar-refractivity contribution in [1.29, 1.82) is 0 Å². The topological polar surface area (TPSA) is 93.7 Å². The van der Waals surface area contributed by atoms with Gasteiger partial charge in [-0.2, -0.15) is 0 Å². The van der Waals surface area contributed by atoms with Crippen LogP contribution in [0.2, 0.25) is 0 Å². The van der Waals surface area contributed by atoms with Crippen LogP contribution in [0.15, 0.2) is 28.9 Å². The van der Waals surface area contributed by atoms with Gasteiger partial charge in [-0.1, -0.05) is 15.9 Å². The van der Waals surface area contributed by atoms with Crippen LogP contribution in [0.1, 0.15) is 18.0 Å². The standard InChI is InChI=1S/C18H22BrN3O4S/c19-12-1-2-16-14(9-12)15(10-20-16)17(18(23)24)22-6-4-21(5-7-22)13-3-8-27(25,26)11-13/h1-2,9-10,13,17,20H,3-8,11H2,(H,23,24)/t13-,17-/m1/s1. The fourth-order valence-corrected chi connectivity index (χ4v) is 6.37. The molecule has 0 saturated carbocycles. The van der Waals surface area contributed by atoms with Crippen LogP contribution in [0.25, 0.3) is 10.9 Å². The molecule has 7 nitrogen and oxygen atoms in total. The van der Waals surface area contributed by atoms with Crippen molar-refractivity contribution in [3.05, 3.63) is 34.4 Å². The maximum atomic E-state index is 12.1. The summed E-state index contributed by atoms with van der Waals surface area (Å²) in [6.07, 6.45) is 2.47. The van der Waals surface area contributed by atoms with Crippen molar-refractivity contribution in [3.63, 3.8) is 0 Å². The number of hydrogen-bond acceptors (Lipinski definition) is 5. The van der Waals surface area contributed by atoms with Crippen molar-refractivity contribution < 1.29 is 18.3 Å². The predicted octanol–water partition coefficient (Wildman–Crippen LogP) is 1.86. The van der Waals surface area contributed by atoms with Crippen molar-refractivity contribution in [3.8, 4) is 0 Å². The first-order valence-electron chi connectivity index (χ1n) is 9.02. The van der Waals surface area contributed by atoms with Gasteiger partial charge in [0.15, 0.2) is 9.84 Å². The summed E-state index contributed by atoms with van der Waals surface area (Å²) in [4.78, 5) is 19.4. The third kappa shape index (κ3) is 3.78. The molecule has 2 saturated heterocycles. The number of benzene rings is 1. The second-order valence-corrected chi connectivity index (χ2v) is 10.4. The Bertz CT molecular complexity index is 966. The van der Waals surface area contributed by atoms with Gasteiger partial charge in [0.05, 0.1) is 11.5 Å². The van der Waals surface area contributed by atoms with Crippen molar-refractivity contribution in [1.82, 2.24) is 14.8 Å². The van der Waals surface area contributed by atoms with Crippen LogP contribution in [0.4, 0.5) is 0 Å². The minimum atomic E-state index is -2.91. The number of aliphatic carboxylic acids is 1. The largest absolute Gasteiger partial charge is 0.480 e. The number of halogens is 1. The monoisotopic (exact) mass is 455 g/mol. The van der Waals surface area contributed by atoms with Gasteiger partial charge < -0.3 is 10.1 Å². The maximum absolute atomic E-state index is 12.1. The molecule has 0 bridgehead atoms. The summed E-state index contributed by atoms with van der Waals surface area (Å²) in [5, 5.41) is 10.8. The Morgan fingerprint density at radius 2 is 2.00 bits per heavy atom. The number of nitrogens with zero attached hydrogens (tertiary/aromatic N) is 2. The van der Waals surface area contributed by atoms with Crippen LogP contribution >= 0.6 is 15.9 Å². The smallest absolute Gasteiger partial charge is 0.325 e. The number of carboxylic acid groups (broad SMARTS) is 1. The molecule has 0 unspecified atom stereocenters. The minimum absolute atomic E-state index is 0.0736. The molecule has 2 aliphatic rings. The van der Waals surface area contributed by atoms with Crippen molar-refractivity contribution in [2.45, 2.75) is 18.5 Å². The second-order valence-electron chi connectivity index (χ2n) is 7.30. The zero-order chi connectivity index (χ0) is 19.2. The lowest BCUT2D eigenvalue weighted by molar-refractivity contribution is -0.144. The zero-order valence-electron chi connectivity index (χ0n) is 14.8. The number of hydrogen-bond donors (Lipinski definition) is 2. The molecule has 0 aliphatic carbocycles. The van der Waals surface area contributed by atoms with Crippen molar-refractivity contribution >= 4 is 42.6 Å². The summed E-state index contributed by atoms with van der Waals surface area (Å²) in [7, 11) is -2.91. The zero-order valence-corrected chi connectivity index (χ0v) is 17.2. The highest BCUT2D eigenvalue weighted by molar-refractivity contribution is 9.10.